The summed E-state index contributed by atoms with van der Waals surface area (Å²) in [6.07, 6.45) is 7.58. The second-order valence-corrected chi connectivity index (χ2v) is 4.04. The standard InChI is InChI=1S/C16H13/c1-2-7-13(8-3-1)16-12-6-10-14-9-4-5-11-15(14)16/h1-10,12H,11H2. The van der Waals surface area contributed by atoms with Gasteiger partial charge in [0.25, 0.3) is 0 Å². The Hall–Kier alpha value is -1.82. The van der Waals surface area contributed by atoms with E-state index in [9.17, 15) is 0 Å². The van der Waals surface area contributed by atoms with Gasteiger partial charge in [0.05, 0.1) is 0 Å². The van der Waals surface area contributed by atoms with Crippen LogP contribution in [0.5, 0.6) is 0 Å². The minimum Gasteiger partial charge on any atom is -0.0835 e. The molecule has 0 saturated heterocycles. The molecule has 3 rings (SSSR count). The van der Waals surface area contributed by atoms with E-state index < -0.39 is 0 Å². The third-order valence-corrected chi connectivity index (χ3v) is 3.03. The molecule has 0 N–H and O–H groups in total. The summed E-state index contributed by atoms with van der Waals surface area (Å²) in [7, 11) is 0. The molecule has 77 valence electrons. The third kappa shape index (κ3) is 1.57. The number of hydrogen-bond acceptors (Lipinski definition) is 0. The van der Waals surface area contributed by atoms with Gasteiger partial charge in [-0.1, -0.05) is 60.7 Å². The van der Waals surface area contributed by atoms with Gasteiger partial charge in [0.1, 0.15) is 0 Å². The van der Waals surface area contributed by atoms with Gasteiger partial charge < -0.3 is 0 Å². The third-order valence-electron chi connectivity index (χ3n) is 3.03. The number of benzene rings is 2. The Labute approximate surface area is 96.3 Å². The van der Waals surface area contributed by atoms with Crippen LogP contribution in [0.25, 0.3) is 11.1 Å². The van der Waals surface area contributed by atoms with Gasteiger partial charge in [-0.15, -0.1) is 0 Å². The monoisotopic (exact) mass is 205 g/mol. The molecule has 16 heavy (non-hydrogen) atoms. The van der Waals surface area contributed by atoms with Crippen LogP contribution in [0.3, 0.4) is 0 Å². The van der Waals surface area contributed by atoms with E-state index in [-0.39, 0.29) is 0 Å². The Balaban J connectivity index is 2.16. The van der Waals surface area contributed by atoms with Crippen molar-refractivity contribution >= 4 is 0 Å². The molecule has 0 atom stereocenters. The van der Waals surface area contributed by atoms with E-state index >= 15 is 0 Å². The molecular weight excluding hydrogens is 192 g/mol. The number of fused-ring (bicyclic) bond motifs is 1. The first kappa shape index (κ1) is 9.41. The SMILES string of the molecule is [CH]1C=CCc2c1cccc2-c1ccccc1. The fourth-order valence-corrected chi connectivity index (χ4v) is 2.23. The van der Waals surface area contributed by atoms with Crippen molar-refractivity contribution < 1.29 is 0 Å². The Morgan fingerprint density at radius 1 is 0.812 bits per heavy atom. The molecule has 0 nitrogen and oxygen atoms in total. The first-order valence-electron chi connectivity index (χ1n) is 5.62. The maximum atomic E-state index is 2.22. The normalized spacial score (nSPS) is 13.5. The lowest BCUT2D eigenvalue weighted by molar-refractivity contribution is 1.19. The Morgan fingerprint density at radius 2 is 1.69 bits per heavy atom. The quantitative estimate of drug-likeness (QED) is 0.659. The van der Waals surface area contributed by atoms with Crippen molar-refractivity contribution in [1.82, 2.24) is 0 Å². The summed E-state index contributed by atoms with van der Waals surface area (Å²) in [6, 6.07) is 17.1. The molecule has 0 fully saturated rings. The van der Waals surface area contributed by atoms with Crippen molar-refractivity contribution in [2.75, 3.05) is 0 Å². The van der Waals surface area contributed by atoms with Crippen LogP contribution in [0, 0.1) is 6.42 Å². The summed E-state index contributed by atoms with van der Waals surface area (Å²) in [4.78, 5) is 0. The topological polar surface area (TPSA) is 0 Å². The first-order valence-corrected chi connectivity index (χ1v) is 5.62. The van der Waals surface area contributed by atoms with Gasteiger partial charge in [-0.05, 0) is 28.7 Å². The number of hydrogen-bond donors (Lipinski definition) is 0. The van der Waals surface area contributed by atoms with Crippen molar-refractivity contribution in [3.63, 3.8) is 0 Å². The Kier molecular flexibility index (Phi) is 2.34. The predicted molar refractivity (Wildman–Crippen MR) is 68.1 cm³/mol. The van der Waals surface area contributed by atoms with E-state index in [0.717, 1.165) is 6.42 Å². The first-order chi connectivity index (χ1) is 7.95. The van der Waals surface area contributed by atoms with Crippen molar-refractivity contribution in [3.8, 4) is 11.1 Å². The molecule has 0 bridgehead atoms. The van der Waals surface area contributed by atoms with Gasteiger partial charge in [0, 0.05) is 6.42 Å². The van der Waals surface area contributed by atoms with Crippen molar-refractivity contribution in [2.24, 2.45) is 0 Å². The van der Waals surface area contributed by atoms with E-state index in [0.29, 0.717) is 0 Å². The lowest BCUT2D eigenvalue weighted by atomic mass is 9.89. The van der Waals surface area contributed by atoms with Crippen LogP contribution < -0.4 is 0 Å². The highest BCUT2D eigenvalue weighted by Crippen LogP contribution is 2.29. The van der Waals surface area contributed by atoms with Crippen LogP contribution in [0.15, 0.2) is 60.7 Å². The molecule has 0 amide bonds. The molecule has 1 aliphatic carbocycles. The lowest BCUT2D eigenvalue weighted by Gasteiger charge is -2.15. The minimum atomic E-state index is 1.04. The van der Waals surface area contributed by atoms with Gasteiger partial charge in [-0.2, -0.15) is 0 Å². The van der Waals surface area contributed by atoms with Crippen molar-refractivity contribution in [2.45, 2.75) is 6.42 Å². The molecule has 0 heteroatoms. The van der Waals surface area contributed by atoms with Crippen LogP contribution in [-0.2, 0) is 6.42 Å². The van der Waals surface area contributed by atoms with Crippen LogP contribution >= 0.6 is 0 Å². The Bertz CT molecular complexity index is 521. The van der Waals surface area contributed by atoms with Crippen molar-refractivity contribution in [3.05, 3.63) is 78.2 Å². The van der Waals surface area contributed by atoms with E-state index in [2.05, 4.69) is 67.1 Å². The molecule has 0 aliphatic heterocycles. The largest absolute Gasteiger partial charge is 0.0835 e. The molecule has 2 aromatic rings. The van der Waals surface area contributed by atoms with E-state index in [1.54, 1.807) is 0 Å². The summed E-state index contributed by atoms with van der Waals surface area (Å²) in [6.45, 7) is 0. The van der Waals surface area contributed by atoms with E-state index in [4.69, 9.17) is 0 Å². The fourth-order valence-electron chi connectivity index (χ4n) is 2.23. The predicted octanol–water partition coefficient (Wildman–Crippen LogP) is 4.02. The lowest BCUT2D eigenvalue weighted by Crippen LogP contribution is -1.98. The molecule has 0 saturated carbocycles. The molecule has 1 aliphatic rings. The van der Waals surface area contributed by atoms with E-state index in [1.807, 2.05) is 0 Å². The van der Waals surface area contributed by atoms with Crippen LogP contribution in [0.4, 0.5) is 0 Å². The molecule has 0 unspecified atom stereocenters. The maximum absolute atomic E-state index is 2.22. The molecule has 0 aromatic heterocycles. The second kappa shape index (κ2) is 3.97. The molecule has 0 heterocycles. The van der Waals surface area contributed by atoms with Gasteiger partial charge in [0.2, 0.25) is 0 Å². The highest BCUT2D eigenvalue weighted by atomic mass is 14.1. The summed E-state index contributed by atoms with van der Waals surface area (Å²) >= 11 is 0. The van der Waals surface area contributed by atoms with Crippen LogP contribution in [0.1, 0.15) is 11.1 Å². The molecular formula is C16H13. The van der Waals surface area contributed by atoms with Gasteiger partial charge in [0.15, 0.2) is 0 Å². The molecule has 1 radical (unpaired) electrons. The summed E-state index contributed by atoms with van der Waals surface area (Å²) < 4.78 is 0. The average molecular weight is 205 g/mol. The van der Waals surface area contributed by atoms with Crippen molar-refractivity contribution in [1.29, 1.82) is 0 Å². The van der Waals surface area contributed by atoms with Crippen LogP contribution in [0.2, 0.25) is 0 Å². The smallest absolute Gasteiger partial charge is 0.0125 e. The van der Waals surface area contributed by atoms with Gasteiger partial charge >= 0.3 is 0 Å². The molecule has 2 aromatic carbocycles. The molecule has 0 spiro atoms. The summed E-state index contributed by atoms with van der Waals surface area (Å²) in [5.41, 5.74) is 5.46. The highest BCUT2D eigenvalue weighted by molar-refractivity contribution is 5.70. The van der Waals surface area contributed by atoms with Gasteiger partial charge in [-0.3, -0.25) is 0 Å². The summed E-state index contributed by atoms with van der Waals surface area (Å²) in [5.74, 6) is 0. The summed E-state index contributed by atoms with van der Waals surface area (Å²) in [5, 5.41) is 0. The highest BCUT2D eigenvalue weighted by Gasteiger charge is 2.10. The number of allylic oxidation sites excluding steroid dienone is 2. The maximum Gasteiger partial charge on any atom is 0.0125 e. The zero-order chi connectivity index (χ0) is 10.8. The van der Waals surface area contributed by atoms with E-state index in [1.165, 1.54) is 22.3 Å². The number of rotatable bonds is 1. The Morgan fingerprint density at radius 3 is 2.56 bits per heavy atom. The minimum absolute atomic E-state index is 1.04. The van der Waals surface area contributed by atoms with Gasteiger partial charge in [-0.25, -0.2) is 0 Å². The average Bonchev–Trinajstić information content (AvgIpc) is 2.39. The second-order valence-electron chi connectivity index (χ2n) is 4.04. The zero-order valence-corrected chi connectivity index (χ0v) is 9.06. The fraction of sp³-hybridized carbons (Fsp3) is 0.0625. The van der Waals surface area contributed by atoms with Crippen LogP contribution in [-0.4, -0.2) is 0 Å². The zero-order valence-electron chi connectivity index (χ0n) is 9.06.